The van der Waals surface area contributed by atoms with Gasteiger partial charge in [-0.15, -0.1) is 0 Å². The fourth-order valence-electron chi connectivity index (χ4n) is 2.53. The maximum atomic E-state index is 12.5. The number of hydrogen-bond donors (Lipinski definition) is 0. The van der Waals surface area contributed by atoms with Gasteiger partial charge in [0.2, 0.25) is 0 Å². The van der Waals surface area contributed by atoms with E-state index in [9.17, 15) is 4.79 Å². The van der Waals surface area contributed by atoms with Crippen LogP contribution in [0.25, 0.3) is 0 Å². The van der Waals surface area contributed by atoms with Crippen LogP contribution in [0.3, 0.4) is 0 Å². The number of halogens is 1. The molecule has 1 fully saturated rings. The Kier molecular flexibility index (Phi) is 4.20. The minimum atomic E-state index is 0.0943. The molecule has 0 N–H and O–H groups in total. The molecule has 4 nitrogen and oxygen atoms in total. The Bertz CT molecular complexity index is 624. The van der Waals surface area contributed by atoms with E-state index >= 15 is 0 Å². The molecule has 1 aliphatic rings. The Morgan fingerprint density at radius 1 is 1.00 bits per heavy atom. The first kappa shape index (κ1) is 14.1. The Morgan fingerprint density at radius 2 is 1.67 bits per heavy atom. The van der Waals surface area contributed by atoms with Crippen molar-refractivity contribution in [3.05, 3.63) is 58.8 Å². The molecule has 0 atom stereocenters. The van der Waals surface area contributed by atoms with E-state index in [1.54, 1.807) is 12.4 Å². The van der Waals surface area contributed by atoms with E-state index < -0.39 is 0 Å². The summed E-state index contributed by atoms with van der Waals surface area (Å²) < 4.78 is 0.853. The Hall–Kier alpha value is -1.88. The number of piperazine rings is 1. The van der Waals surface area contributed by atoms with Gasteiger partial charge in [-0.05, 0) is 40.2 Å². The van der Waals surface area contributed by atoms with Gasteiger partial charge in [-0.3, -0.25) is 9.78 Å². The number of amides is 1. The van der Waals surface area contributed by atoms with Crippen molar-refractivity contribution in [3.63, 3.8) is 0 Å². The summed E-state index contributed by atoms with van der Waals surface area (Å²) in [5.74, 6) is 0.0943. The molecular weight excluding hydrogens is 330 g/mol. The lowest BCUT2D eigenvalue weighted by molar-refractivity contribution is 0.0746. The number of carbonyl (C=O) groups excluding carboxylic acids is 1. The molecule has 0 aliphatic carbocycles. The van der Waals surface area contributed by atoms with Crippen molar-refractivity contribution in [1.82, 2.24) is 9.88 Å². The van der Waals surface area contributed by atoms with Crippen molar-refractivity contribution in [2.24, 2.45) is 0 Å². The largest absolute Gasteiger partial charge is 0.368 e. The molecule has 1 aromatic carbocycles. The highest BCUT2D eigenvalue weighted by Crippen LogP contribution is 2.20. The molecule has 2 heterocycles. The average molecular weight is 346 g/mol. The van der Waals surface area contributed by atoms with Gasteiger partial charge in [0.1, 0.15) is 0 Å². The first-order chi connectivity index (χ1) is 10.3. The van der Waals surface area contributed by atoms with Gasteiger partial charge in [0, 0.05) is 48.7 Å². The monoisotopic (exact) mass is 345 g/mol. The third kappa shape index (κ3) is 3.08. The lowest BCUT2D eigenvalue weighted by Gasteiger charge is -2.36. The second-order valence-corrected chi connectivity index (χ2v) is 5.82. The fourth-order valence-corrected chi connectivity index (χ4v) is 2.98. The quantitative estimate of drug-likeness (QED) is 0.839. The zero-order valence-corrected chi connectivity index (χ0v) is 13.2. The van der Waals surface area contributed by atoms with Gasteiger partial charge in [0.15, 0.2) is 0 Å². The number of rotatable bonds is 2. The van der Waals surface area contributed by atoms with Crippen LogP contribution in [0.2, 0.25) is 0 Å². The van der Waals surface area contributed by atoms with Crippen molar-refractivity contribution in [3.8, 4) is 0 Å². The molecule has 0 spiro atoms. The van der Waals surface area contributed by atoms with Crippen LogP contribution in [0.5, 0.6) is 0 Å². The van der Waals surface area contributed by atoms with E-state index in [2.05, 4.69) is 25.8 Å². The van der Waals surface area contributed by atoms with Gasteiger partial charge in [-0.25, -0.2) is 0 Å². The van der Waals surface area contributed by atoms with Gasteiger partial charge in [0.05, 0.1) is 5.56 Å². The molecule has 108 valence electrons. The zero-order valence-electron chi connectivity index (χ0n) is 11.6. The van der Waals surface area contributed by atoms with E-state index in [4.69, 9.17) is 0 Å². The number of hydrogen-bond acceptors (Lipinski definition) is 3. The summed E-state index contributed by atoms with van der Waals surface area (Å²) in [4.78, 5) is 20.8. The molecule has 0 bridgehead atoms. The highest BCUT2D eigenvalue weighted by molar-refractivity contribution is 9.10. The molecule has 5 heteroatoms. The summed E-state index contributed by atoms with van der Waals surface area (Å²) in [5.41, 5.74) is 1.90. The first-order valence-corrected chi connectivity index (χ1v) is 7.74. The minimum absolute atomic E-state index is 0.0943. The van der Waals surface area contributed by atoms with Crippen LogP contribution in [-0.2, 0) is 0 Å². The lowest BCUT2D eigenvalue weighted by Crippen LogP contribution is -2.48. The average Bonchev–Trinajstić information content (AvgIpc) is 2.56. The summed E-state index contributed by atoms with van der Waals surface area (Å²) in [7, 11) is 0. The molecular formula is C16H16BrN3O. The minimum Gasteiger partial charge on any atom is -0.368 e. The van der Waals surface area contributed by atoms with Gasteiger partial charge >= 0.3 is 0 Å². The van der Waals surface area contributed by atoms with Crippen LogP contribution in [0.1, 0.15) is 10.4 Å². The highest BCUT2D eigenvalue weighted by Gasteiger charge is 2.23. The van der Waals surface area contributed by atoms with Crippen molar-refractivity contribution in [2.45, 2.75) is 0 Å². The van der Waals surface area contributed by atoms with Crippen LogP contribution >= 0.6 is 15.9 Å². The Balaban J connectivity index is 1.66. The number of benzene rings is 1. The second-order valence-electron chi connectivity index (χ2n) is 4.96. The third-order valence-electron chi connectivity index (χ3n) is 3.70. The fraction of sp³-hybridized carbons (Fsp3) is 0.250. The van der Waals surface area contributed by atoms with E-state index in [0.717, 1.165) is 41.9 Å². The molecule has 0 radical (unpaired) electrons. The Labute approximate surface area is 132 Å². The standard InChI is InChI=1S/C16H16BrN3O/c17-15-4-2-1-3-14(15)16(21)20-11-9-19(10-12-20)13-5-7-18-8-6-13/h1-8H,9-12H2. The normalized spacial score (nSPS) is 15.1. The van der Waals surface area contributed by atoms with Gasteiger partial charge < -0.3 is 9.80 Å². The zero-order chi connectivity index (χ0) is 14.7. The van der Waals surface area contributed by atoms with Crippen molar-refractivity contribution in [2.75, 3.05) is 31.1 Å². The van der Waals surface area contributed by atoms with Gasteiger partial charge in [0.25, 0.3) is 5.91 Å². The predicted molar refractivity (Wildman–Crippen MR) is 86.5 cm³/mol. The van der Waals surface area contributed by atoms with E-state index in [1.807, 2.05) is 41.3 Å². The van der Waals surface area contributed by atoms with Crippen LogP contribution in [0.15, 0.2) is 53.3 Å². The predicted octanol–water partition coefficient (Wildman–Crippen LogP) is 2.81. The summed E-state index contributed by atoms with van der Waals surface area (Å²) >= 11 is 3.45. The van der Waals surface area contributed by atoms with E-state index in [1.165, 1.54) is 0 Å². The number of nitrogens with zero attached hydrogens (tertiary/aromatic N) is 3. The number of pyridine rings is 1. The molecule has 1 amide bonds. The molecule has 0 saturated carbocycles. The van der Waals surface area contributed by atoms with Crippen LogP contribution in [0.4, 0.5) is 5.69 Å². The van der Waals surface area contributed by atoms with Gasteiger partial charge in [-0.1, -0.05) is 12.1 Å². The number of anilines is 1. The van der Waals surface area contributed by atoms with Gasteiger partial charge in [-0.2, -0.15) is 0 Å². The van der Waals surface area contributed by atoms with Crippen LogP contribution in [0, 0.1) is 0 Å². The third-order valence-corrected chi connectivity index (χ3v) is 4.39. The van der Waals surface area contributed by atoms with Crippen molar-refractivity contribution in [1.29, 1.82) is 0 Å². The maximum absolute atomic E-state index is 12.5. The number of carbonyl (C=O) groups is 1. The molecule has 2 aromatic rings. The highest BCUT2D eigenvalue weighted by atomic mass is 79.9. The van der Waals surface area contributed by atoms with E-state index in [0.29, 0.717) is 0 Å². The summed E-state index contributed by atoms with van der Waals surface area (Å²) in [6.45, 7) is 3.17. The first-order valence-electron chi connectivity index (χ1n) is 6.94. The molecule has 1 saturated heterocycles. The summed E-state index contributed by atoms with van der Waals surface area (Å²) in [5, 5.41) is 0. The molecule has 0 unspecified atom stereocenters. The number of aromatic nitrogens is 1. The van der Waals surface area contributed by atoms with Crippen molar-refractivity contribution >= 4 is 27.5 Å². The Morgan fingerprint density at radius 3 is 2.33 bits per heavy atom. The SMILES string of the molecule is O=C(c1ccccc1Br)N1CCN(c2ccncc2)CC1. The molecule has 3 rings (SSSR count). The lowest BCUT2D eigenvalue weighted by atomic mass is 10.2. The van der Waals surface area contributed by atoms with Crippen LogP contribution in [-0.4, -0.2) is 42.0 Å². The summed E-state index contributed by atoms with van der Waals surface area (Å²) in [6.07, 6.45) is 3.60. The smallest absolute Gasteiger partial charge is 0.255 e. The summed E-state index contributed by atoms with van der Waals surface area (Å²) in [6, 6.07) is 11.6. The molecule has 1 aromatic heterocycles. The molecule has 21 heavy (non-hydrogen) atoms. The van der Waals surface area contributed by atoms with Crippen LogP contribution < -0.4 is 4.90 Å². The van der Waals surface area contributed by atoms with E-state index in [-0.39, 0.29) is 5.91 Å². The molecule has 1 aliphatic heterocycles. The topological polar surface area (TPSA) is 36.4 Å². The van der Waals surface area contributed by atoms with Crippen molar-refractivity contribution < 1.29 is 4.79 Å². The second kappa shape index (κ2) is 6.26. The maximum Gasteiger partial charge on any atom is 0.255 e.